The number of carbonyl (C=O) groups is 1. The average molecular weight is 268 g/mol. The zero-order valence-corrected chi connectivity index (χ0v) is 11.4. The van der Waals surface area contributed by atoms with Gasteiger partial charge in [0.05, 0.1) is 25.4 Å². The van der Waals surface area contributed by atoms with Gasteiger partial charge in [0.2, 0.25) is 0 Å². The summed E-state index contributed by atoms with van der Waals surface area (Å²) in [5.74, 6) is 0.171. The number of ether oxygens (including phenoxy) is 2. The van der Waals surface area contributed by atoms with Crippen molar-refractivity contribution < 1.29 is 19.4 Å². The first kappa shape index (κ1) is 15.3. The van der Waals surface area contributed by atoms with E-state index in [-0.39, 0.29) is 19.1 Å². The maximum absolute atomic E-state index is 12.2. The van der Waals surface area contributed by atoms with E-state index in [1.165, 1.54) is 19.1 Å². The number of methoxy groups -OCH3 is 2. The number of nitrogens with two attached hydrogens (primary N) is 1. The Bertz CT molecular complexity index is 437. The highest BCUT2D eigenvalue weighted by Gasteiger charge is 2.19. The van der Waals surface area contributed by atoms with Crippen molar-refractivity contribution >= 4 is 11.6 Å². The van der Waals surface area contributed by atoms with Crippen molar-refractivity contribution in [1.82, 2.24) is 4.90 Å². The van der Waals surface area contributed by atoms with E-state index in [1.807, 2.05) is 0 Å². The fraction of sp³-hybridized carbons (Fsp3) is 0.462. The lowest BCUT2D eigenvalue weighted by Crippen LogP contribution is -2.36. The van der Waals surface area contributed by atoms with E-state index >= 15 is 0 Å². The van der Waals surface area contributed by atoms with Crippen LogP contribution in [0.2, 0.25) is 0 Å². The summed E-state index contributed by atoms with van der Waals surface area (Å²) in [4.78, 5) is 13.6. The van der Waals surface area contributed by atoms with E-state index < -0.39 is 6.10 Å². The quantitative estimate of drug-likeness (QED) is 0.727. The van der Waals surface area contributed by atoms with Crippen molar-refractivity contribution in [2.75, 3.05) is 40.2 Å². The summed E-state index contributed by atoms with van der Waals surface area (Å²) in [6.07, 6.45) is -0.723. The third-order valence-electron chi connectivity index (χ3n) is 2.65. The van der Waals surface area contributed by atoms with Gasteiger partial charge < -0.3 is 25.2 Å². The first-order chi connectivity index (χ1) is 8.99. The van der Waals surface area contributed by atoms with Gasteiger partial charge in [-0.15, -0.1) is 0 Å². The van der Waals surface area contributed by atoms with Crippen LogP contribution in [0.5, 0.6) is 5.75 Å². The number of hydrogen-bond donors (Lipinski definition) is 2. The average Bonchev–Trinajstić information content (AvgIpc) is 2.37. The van der Waals surface area contributed by atoms with Gasteiger partial charge in [-0.1, -0.05) is 0 Å². The largest absolute Gasteiger partial charge is 0.496 e. The summed E-state index contributed by atoms with van der Waals surface area (Å²) in [7, 11) is 4.58. The van der Waals surface area contributed by atoms with Crippen molar-refractivity contribution in [2.24, 2.45) is 0 Å². The maximum atomic E-state index is 12.2. The predicted molar refractivity (Wildman–Crippen MR) is 72.2 cm³/mol. The summed E-state index contributed by atoms with van der Waals surface area (Å²) < 4.78 is 9.96. The lowest BCUT2D eigenvalue weighted by atomic mass is 10.1. The molecule has 1 amide bonds. The molecule has 3 N–H and O–H groups in total. The monoisotopic (exact) mass is 268 g/mol. The van der Waals surface area contributed by atoms with Gasteiger partial charge in [-0.05, 0) is 12.1 Å². The van der Waals surface area contributed by atoms with E-state index in [0.29, 0.717) is 17.0 Å². The second-order valence-electron chi connectivity index (χ2n) is 4.25. The molecule has 1 aromatic rings. The zero-order chi connectivity index (χ0) is 14.4. The highest BCUT2D eigenvalue weighted by atomic mass is 16.5. The fourth-order valence-electron chi connectivity index (χ4n) is 1.73. The fourth-order valence-corrected chi connectivity index (χ4v) is 1.73. The van der Waals surface area contributed by atoms with E-state index in [2.05, 4.69) is 0 Å². The third-order valence-corrected chi connectivity index (χ3v) is 2.65. The van der Waals surface area contributed by atoms with Crippen LogP contribution >= 0.6 is 0 Å². The minimum absolute atomic E-state index is 0.177. The molecule has 1 atom stereocenters. The highest BCUT2D eigenvalue weighted by molar-refractivity contribution is 5.97. The molecule has 1 rings (SSSR count). The van der Waals surface area contributed by atoms with Crippen LogP contribution in [-0.2, 0) is 4.74 Å². The minimum Gasteiger partial charge on any atom is -0.496 e. The SMILES string of the molecule is COCC(O)CN(C)C(=O)c1ccc(N)cc1OC. The second kappa shape index (κ2) is 6.96. The maximum Gasteiger partial charge on any atom is 0.257 e. The number of anilines is 1. The smallest absolute Gasteiger partial charge is 0.257 e. The number of likely N-dealkylation sites (N-methyl/N-ethyl adjacent to an activating group) is 1. The van der Waals surface area contributed by atoms with E-state index in [4.69, 9.17) is 15.2 Å². The standard InChI is InChI=1S/C13H20N2O4/c1-15(7-10(16)8-18-2)13(17)11-5-4-9(14)6-12(11)19-3/h4-6,10,16H,7-8,14H2,1-3H3. The van der Waals surface area contributed by atoms with Crippen LogP contribution in [0, 0.1) is 0 Å². The van der Waals surface area contributed by atoms with Crippen LogP contribution < -0.4 is 10.5 Å². The molecule has 106 valence electrons. The second-order valence-corrected chi connectivity index (χ2v) is 4.25. The Morgan fingerprint density at radius 2 is 2.16 bits per heavy atom. The normalized spacial score (nSPS) is 12.0. The predicted octanol–water partition coefficient (Wildman–Crippen LogP) is 0.357. The molecule has 0 saturated carbocycles. The van der Waals surface area contributed by atoms with Crippen molar-refractivity contribution in [3.05, 3.63) is 23.8 Å². The molecule has 6 nitrogen and oxygen atoms in total. The number of carbonyl (C=O) groups excluding carboxylic acids is 1. The zero-order valence-electron chi connectivity index (χ0n) is 11.4. The van der Waals surface area contributed by atoms with Crippen LogP contribution in [-0.4, -0.2) is 56.4 Å². The van der Waals surface area contributed by atoms with Crippen LogP contribution in [0.1, 0.15) is 10.4 Å². The number of rotatable bonds is 6. The Balaban J connectivity index is 2.82. The van der Waals surface area contributed by atoms with E-state index in [9.17, 15) is 9.90 Å². The highest BCUT2D eigenvalue weighted by Crippen LogP contribution is 2.22. The number of aliphatic hydroxyl groups is 1. The van der Waals surface area contributed by atoms with Gasteiger partial charge in [-0.2, -0.15) is 0 Å². The molecule has 6 heteroatoms. The molecular formula is C13H20N2O4. The molecule has 0 radical (unpaired) electrons. The van der Waals surface area contributed by atoms with Gasteiger partial charge in [-0.3, -0.25) is 4.79 Å². The van der Waals surface area contributed by atoms with E-state index in [1.54, 1.807) is 25.2 Å². The lowest BCUT2D eigenvalue weighted by molar-refractivity contribution is 0.0379. The van der Waals surface area contributed by atoms with Crippen molar-refractivity contribution in [3.8, 4) is 5.75 Å². The molecule has 0 aliphatic heterocycles. The van der Waals surface area contributed by atoms with Gasteiger partial charge in [0.25, 0.3) is 5.91 Å². The molecule has 0 bridgehead atoms. The topological polar surface area (TPSA) is 85.0 Å². The number of nitrogen functional groups attached to an aromatic ring is 1. The number of aliphatic hydroxyl groups excluding tert-OH is 1. The van der Waals surface area contributed by atoms with Crippen LogP contribution in [0.15, 0.2) is 18.2 Å². The Kier molecular flexibility index (Phi) is 5.59. The minimum atomic E-state index is -0.723. The number of benzene rings is 1. The number of nitrogens with zero attached hydrogens (tertiary/aromatic N) is 1. The van der Waals surface area contributed by atoms with Crippen LogP contribution in [0.4, 0.5) is 5.69 Å². The first-order valence-corrected chi connectivity index (χ1v) is 5.85. The Labute approximate surface area is 112 Å². The van der Waals surface area contributed by atoms with Crippen LogP contribution in [0.3, 0.4) is 0 Å². The molecule has 0 aliphatic carbocycles. The lowest BCUT2D eigenvalue weighted by Gasteiger charge is -2.21. The summed E-state index contributed by atoms with van der Waals surface area (Å²) in [6, 6.07) is 4.83. The Morgan fingerprint density at radius 3 is 2.74 bits per heavy atom. The first-order valence-electron chi connectivity index (χ1n) is 5.85. The molecule has 0 aromatic heterocycles. The van der Waals surface area contributed by atoms with Gasteiger partial charge >= 0.3 is 0 Å². The van der Waals surface area contributed by atoms with Gasteiger partial charge in [0, 0.05) is 32.5 Å². The Hall–Kier alpha value is -1.79. The van der Waals surface area contributed by atoms with E-state index in [0.717, 1.165) is 0 Å². The van der Waals surface area contributed by atoms with Crippen LogP contribution in [0.25, 0.3) is 0 Å². The van der Waals surface area contributed by atoms with Crippen molar-refractivity contribution in [2.45, 2.75) is 6.10 Å². The van der Waals surface area contributed by atoms with Gasteiger partial charge in [-0.25, -0.2) is 0 Å². The molecule has 1 unspecified atom stereocenters. The summed E-state index contributed by atoms with van der Waals surface area (Å²) >= 11 is 0. The summed E-state index contributed by atoms with van der Waals surface area (Å²) in [5.41, 5.74) is 6.57. The summed E-state index contributed by atoms with van der Waals surface area (Å²) in [6.45, 7) is 0.358. The van der Waals surface area contributed by atoms with Crippen molar-refractivity contribution in [3.63, 3.8) is 0 Å². The molecule has 0 heterocycles. The molecule has 0 saturated heterocycles. The molecule has 0 fully saturated rings. The summed E-state index contributed by atoms with van der Waals surface area (Å²) in [5, 5.41) is 9.62. The molecular weight excluding hydrogens is 248 g/mol. The number of hydrogen-bond acceptors (Lipinski definition) is 5. The van der Waals surface area contributed by atoms with Crippen molar-refractivity contribution in [1.29, 1.82) is 0 Å². The molecule has 19 heavy (non-hydrogen) atoms. The molecule has 0 spiro atoms. The third kappa shape index (κ3) is 4.11. The van der Waals surface area contributed by atoms with Gasteiger partial charge in [0.1, 0.15) is 5.75 Å². The van der Waals surface area contributed by atoms with Gasteiger partial charge in [0.15, 0.2) is 0 Å². The molecule has 0 aliphatic rings. The molecule has 1 aromatic carbocycles. The Morgan fingerprint density at radius 1 is 1.47 bits per heavy atom. The number of amides is 1.